The van der Waals surface area contributed by atoms with Crippen molar-refractivity contribution in [1.82, 2.24) is 112 Å². The highest BCUT2D eigenvalue weighted by molar-refractivity contribution is 9.10. The summed E-state index contributed by atoms with van der Waals surface area (Å²) in [5, 5.41) is 33.4. The van der Waals surface area contributed by atoms with Gasteiger partial charge in [0.15, 0.2) is 0 Å². The van der Waals surface area contributed by atoms with Crippen molar-refractivity contribution in [2.45, 2.75) is 91.3 Å². The normalized spacial score (nSPS) is 13.8. The van der Waals surface area contributed by atoms with Gasteiger partial charge >= 0.3 is 0 Å². The van der Waals surface area contributed by atoms with Gasteiger partial charge in [0, 0.05) is 205 Å². The Kier molecular flexibility index (Phi) is 24.7. The third kappa shape index (κ3) is 17.5. The van der Waals surface area contributed by atoms with Crippen molar-refractivity contribution in [2.24, 2.45) is 7.05 Å². The standard InChI is InChI=1S/C27H30FN9O.C23H23FN8O.C22H20FN7O.C19H13BrFN7O/c1-17(36-10-8-34(3)9-11-36)22-13-23(35(4)33-22)20-15-31-27(37-16-25(29-2)32-26(20)37)30-14-19-18-7-12-38-24(18)6-5-21(19)28;1-25-21-14-31-22(29-21)17(19-6-8-28-32(19)10-9-30(2)3)13-27-23(31)26-12-16-15-7-11-33-20(15)5-4-18(16)24;1-3-9-30-18(6-8-27-30)16-12-26-22(29-13-20(24-2)28-21(16)29)25-11-15-14-7-10-31-19(14)5-4-17(15)23;1-22-16-9-28-18(26-16)12(17-13(20)8-25-27-17)7-24-19(28)23-6-11-10-4-5-29-15(10)3-2-14(11)21/h5-6,13,15-17H,7-12,14H2,1,3-4H3,(H,30,31);4-6,8,13-14H,7,9-12H2,2-3H3,(H,26,27);4-6,8,12-13H,3,7,9-11H2,1H3,(H,25,26);2-3,7-9H,4-6H2,(H,23,24)(H,25,27). The van der Waals surface area contributed by atoms with Gasteiger partial charge < -0.3 is 69.4 Å². The Morgan fingerprint density at radius 2 is 0.840 bits per heavy atom. The number of hydrogen-bond donors (Lipinski definition) is 5. The van der Waals surface area contributed by atoms with E-state index in [0.29, 0.717) is 139 Å². The molecular formula is C91H86BrF4N31O4. The largest absolute Gasteiger partial charge is 0.493 e. The van der Waals surface area contributed by atoms with Gasteiger partial charge in [-0.3, -0.25) is 41.6 Å². The van der Waals surface area contributed by atoms with Crippen LogP contribution in [0.25, 0.3) is 87.0 Å². The maximum atomic E-state index is 14.7. The number of anilines is 4. The second-order valence-electron chi connectivity index (χ2n) is 31.8. The number of aryl methyl sites for hydroxylation is 2. The van der Waals surface area contributed by atoms with Gasteiger partial charge in [-0.25, -0.2) is 37.5 Å². The molecule has 0 spiro atoms. The number of nitrogens with one attached hydrogen (secondary N) is 5. The summed E-state index contributed by atoms with van der Waals surface area (Å²) < 4.78 is 93.8. The molecule has 21 rings (SSSR count). The summed E-state index contributed by atoms with van der Waals surface area (Å²) in [6, 6.07) is 18.5. The summed E-state index contributed by atoms with van der Waals surface area (Å²) in [6.07, 6.45) is 22.1. The lowest BCUT2D eigenvalue weighted by Crippen LogP contribution is -2.45. The van der Waals surface area contributed by atoms with Gasteiger partial charge in [-0.05, 0) is 117 Å². The van der Waals surface area contributed by atoms with Crippen LogP contribution in [-0.2, 0) is 72.0 Å². The molecule has 12 aromatic heterocycles. The van der Waals surface area contributed by atoms with Gasteiger partial charge in [-0.1, -0.05) is 53.1 Å². The lowest BCUT2D eigenvalue weighted by molar-refractivity contribution is 0.117. The predicted octanol–water partition coefficient (Wildman–Crippen LogP) is 15.4. The Morgan fingerprint density at radius 3 is 1.19 bits per heavy atom. The number of piperazine rings is 1. The number of aromatic nitrogens is 20. The van der Waals surface area contributed by atoms with E-state index in [1.54, 1.807) is 110 Å². The van der Waals surface area contributed by atoms with E-state index in [-0.39, 0.29) is 78.8 Å². The molecule has 4 aromatic carbocycles. The number of ether oxygens (including phenoxy) is 4. The second kappa shape index (κ2) is 37.5. The molecule has 5 N–H and O–H groups in total. The quantitative estimate of drug-likeness (QED) is 0.0293. The Morgan fingerprint density at radius 1 is 0.481 bits per heavy atom. The number of imidazole rings is 4. The molecule has 0 radical (unpaired) electrons. The van der Waals surface area contributed by atoms with Crippen LogP contribution >= 0.6 is 15.9 Å². The number of hydrogen-bond acceptors (Lipinski definition) is 23. The number of H-pyrrole nitrogens is 1. The minimum atomic E-state index is -0.288. The van der Waals surface area contributed by atoms with E-state index >= 15 is 0 Å². The molecule has 0 aliphatic carbocycles. The fraction of sp³-hybridized carbons (Fsp3) is 0.297. The number of benzene rings is 4. The second-order valence-corrected chi connectivity index (χ2v) is 32.6. The molecule has 5 aliphatic heterocycles. The van der Waals surface area contributed by atoms with Gasteiger partial charge in [0.05, 0.1) is 100 Å². The topological polar surface area (TPSA) is 315 Å². The summed E-state index contributed by atoms with van der Waals surface area (Å²) in [4.78, 5) is 57.0. The number of likely N-dealkylation sites (N-methyl/N-ethyl adjacent to an activating group) is 2. The average Bonchev–Trinajstić information content (AvgIpc) is 1.62. The maximum absolute atomic E-state index is 14.7. The number of aromatic amines is 1. The highest BCUT2D eigenvalue weighted by atomic mass is 79.9. The summed E-state index contributed by atoms with van der Waals surface area (Å²) in [5.41, 5.74) is 15.5. The molecule has 664 valence electrons. The van der Waals surface area contributed by atoms with Crippen molar-refractivity contribution in [3.8, 4) is 68.0 Å². The van der Waals surface area contributed by atoms with Gasteiger partial charge in [0.25, 0.3) is 23.3 Å². The molecule has 1 atom stereocenters. The molecule has 35 nitrogen and oxygen atoms in total. The van der Waals surface area contributed by atoms with Crippen LogP contribution in [0.3, 0.4) is 0 Å². The van der Waals surface area contributed by atoms with Crippen molar-refractivity contribution >= 4 is 85.6 Å². The zero-order valence-electron chi connectivity index (χ0n) is 72.1. The number of rotatable bonds is 23. The van der Waals surface area contributed by atoms with E-state index in [2.05, 4.69) is 159 Å². The molecule has 1 unspecified atom stereocenters. The zero-order chi connectivity index (χ0) is 90.7. The van der Waals surface area contributed by atoms with E-state index in [1.807, 2.05) is 47.3 Å². The number of nitrogens with zero attached hydrogens (tertiary/aromatic N) is 26. The first-order valence-corrected chi connectivity index (χ1v) is 43.2. The molecule has 1 fully saturated rings. The monoisotopic (exact) mass is 1830 g/mol. The summed E-state index contributed by atoms with van der Waals surface area (Å²) in [7, 11) is 8.09. The number of halogens is 5. The van der Waals surface area contributed by atoms with Crippen LogP contribution in [0.1, 0.15) is 76.5 Å². The summed E-state index contributed by atoms with van der Waals surface area (Å²) >= 11 is 3.44. The van der Waals surface area contributed by atoms with Gasteiger partial charge in [0.1, 0.15) is 46.3 Å². The molecule has 40 heteroatoms. The van der Waals surface area contributed by atoms with Crippen molar-refractivity contribution < 1.29 is 36.5 Å². The van der Waals surface area contributed by atoms with Crippen molar-refractivity contribution in [2.75, 3.05) is 102 Å². The van der Waals surface area contributed by atoms with Gasteiger partial charge in [0.2, 0.25) is 46.4 Å². The highest BCUT2D eigenvalue weighted by Gasteiger charge is 2.31. The van der Waals surface area contributed by atoms with E-state index in [1.165, 1.54) is 24.3 Å². The van der Waals surface area contributed by atoms with E-state index in [4.69, 9.17) is 50.3 Å². The molecule has 0 bridgehead atoms. The Labute approximate surface area is 756 Å². The van der Waals surface area contributed by atoms with E-state index in [0.717, 1.165) is 135 Å². The highest BCUT2D eigenvalue weighted by Crippen LogP contribution is 2.40. The molecule has 0 amide bonds. The lowest BCUT2D eigenvalue weighted by atomic mass is 10.0. The van der Waals surface area contributed by atoms with Crippen LogP contribution < -0.4 is 40.2 Å². The average molecular weight is 1830 g/mol. The maximum Gasteiger partial charge on any atom is 0.288 e. The van der Waals surface area contributed by atoms with Crippen LogP contribution in [0, 0.1) is 49.6 Å². The SMILES string of the molecule is [C-]#[N+]c1cn2c(NCc3c(F)ccc4c3CCO4)ncc(-c3[nH]ncc3Br)c2n1.[C-]#[N+]c1cn2c(NCc3c(F)ccc4c3CCO4)ncc(-c3cc(C(C)N4CCN(C)CC4)nn3C)c2n1.[C-]#[N+]c1cn2c(NCc3c(F)ccc4c3CCO4)ncc(-c3ccnn3CCC)c2n1.[C-]#[N+]c1cn2c(NCc3c(F)ccc4c3CCO4)ncc(-c3ccnn3CCN(C)C)c2n1. The minimum Gasteiger partial charge on any atom is -0.493 e. The summed E-state index contributed by atoms with van der Waals surface area (Å²) in [5.74, 6) is 4.70. The van der Waals surface area contributed by atoms with Gasteiger partial charge in [-0.15, -0.1) is 0 Å². The van der Waals surface area contributed by atoms with Crippen LogP contribution in [0.5, 0.6) is 23.0 Å². The Balaban J connectivity index is 0.000000118. The lowest BCUT2D eigenvalue weighted by Gasteiger charge is -2.35. The third-order valence-electron chi connectivity index (χ3n) is 23.6. The Bertz CT molecular complexity index is 7210. The molecule has 0 saturated carbocycles. The molecule has 131 heavy (non-hydrogen) atoms. The van der Waals surface area contributed by atoms with Crippen LogP contribution in [0.15, 0.2) is 139 Å². The van der Waals surface area contributed by atoms with Crippen LogP contribution in [0.2, 0.25) is 0 Å². The zero-order valence-corrected chi connectivity index (χ0v) is 73.7. The van der Waals surface area contributed by atoms with Crippen LogP contribution in [0.4, 0.5) is 64.6 Å². The van der Waals surface area contributed by atoms with E-state index < -0.39 is 0 Å². The summed E-state index contributed by atoms with van der Waals surface area (Å²) in [6.45, 7) is 43.5. The fourth-order valence-electron chi connectivity index (χ4n) is 16.8. The third-order valence-corrected chi connectivity index (χ3v) is 24.2. The molecule has 1 saturated heterocycles. The first-order chi connectivity index (χ1) is 63.8. The first-order valence-electron chi connectivity index (χ1n) is 42.4. The van der Waals surface area contributed by atoms with Crippen molar-refractivity contribution in [3.63, 3.8) is 0 Å². The van der Waals surface area contributed by atoms with Crippen molar-refractivity contribution in [3.05, 3.63) is 259 Å². The minimum absolute atomic E-state index is 0.179. The molecular weight excluding hydrogens is 1750 g/mol. The Hall–Kier alpha value is -15.4. The van der Waals surface area contributed by atoms with E-state index in [9.17, 15) is 17.6 Å². The number of fused-ring (bicyclic) bond motifs is 8. The molecule has 17 heterocycles. The smallest absolute Gasteiger partial charge is 0.288 e. The first kappa shape index (κ1) is 86.4. The van der Waals surface area contributed by atoms with Crippen LogP contribution in [-0.4, -0.2) is 192 Å². The predicted molar refractivity (Wildman–Crippen MR) is 485 cm³/mol. The molecule has 5 aliphatic rings. The molecule has 16 aromatic rings. The fourth-order valence-corrected chi connectivity index (χ4v) is 17.2. The van der Waals surface area contributed by atoms with Crippen molar-refractivity contribution in [1.29, 1.82) is 0 Å². The van der Waals surface area contributed by atoms with Gasteiger partial charge in [-0.2, -0.15) is 20.4 Å².